The van der Waals surface area contributed by atoms with Crippen molar-refractivity contribution in [1.29, 1.82) is 0 Å². The molecule has 4 rings (SSSR count). The van der Waals surface area contributed by atoms with Gasteiger partial charge in [-0.2, -0.15) is 0 Å². The van der Waals surface area contributed by atoms with Crippen molar-refractivity contribution in [2.45, 2.75) is 97.4 Å². The Hall–Kier alpha value is -0.570. The molecule has 0 spiro atoms. The maximum atomic E-state index is 11.1. The summed E-state index contributed by atoms with van der Waals surface area (Å²) < 4.78 is 34.1. The summed E-state index contributed by atoms with van der Waals surface area (Å²) in [5.74, 6) is 1.26. The van der Waals surface area contributed by atoms with E-state index >= 15 is 0 Å². The second-order valence-electron chi connectivity index (χ2n) is 10.6. The Morgan fingerprint density at radius 1 is 1.11 bits per heavy atom. The second kappa shape index (κ2) is 7.04. The smallest absolute Gasteiger partial charge is 0.303 e. The summed E-state index contributed by atoms with van der Waals surface area (Å²) in [4.78, 5) is 11.1. The van der Waals surface area contributed by atoms with Gasteiger partial charge in [-0.15, -0.1) is 0 Å². The first-order chi connectivity index (χ1) is 14.2. The lowest BCUT2D eigenvalue weighted by atomic mass is 9.44. The summed E-state index contributed by atoms with van der Waals surface area (Å²) in [7, 11) is 0. The van der Waals surface area contributed by atoms with Crippen molar-refractivity contribution in [3.05, 3.63) is 0 Å². The van der Waals surface area contributed by atoms with Crippen LogP contribution in [0.5, 0.6) is 0 Å². The fourth-order valence-electron chi connectivity index (χ4n) is 8.08. The number of carbonyl (C=O) groups is 1. The summed E-state index contributed by atoms with van der Waals surface area (Å²) in [6, 6.07) is 0. The molecular weight excluding hydrogens is 336 g/mol. The van der Waals surface area contributed by atoms with Gasteiger partial charge in [0.15, 0.2) is 0 Å². The predicted octanol–water partition coefficient (Wildman–Crippen LogP) is 5.51. The zero-order valence-corrected chi connectivity index (χ0v) is 17.2. The van der Waals surface area contributed by atoms with Crippen LogP contribution in [0.4, 0.5) is 0 Å². The largest absolute Gasteiger partial charge is 0.481 e. The molecule has 0 aromatic rings. The molecular formula is C24H40O3. The molecule has 9 atom stereocenters. The van der Waals surface area contributed by atoms with Crippen LogP contribution in [0, 0.1) is 46.3 Å². The molecule has 0 saturated heterocycles. The lowest BCUT2D eigenvalue weighted by Crippen LogP contribution is -2.54. The van der Waals surface area contributed by atoms with Crippen LogP contribution in [-0.4, -0.2) is 22.3 Å². The van der Waals surface area contributed by atoms with Crippen LogP contribution in [0.1, 0.15) is 96.8 Å². The number of carboxylic acid groups (broad SMARTS) is 1. The minimum absolute atomic E-state index is 0.203. The molecule has 4 fully saturated rings. The normalized spacial score (nSPS) is 56.3. The molecule has 0 heterocycles. The number of aliphatic carboxylic acids is 1. The molecule has 3 nitrogen and oxygen atoms in total. The highest BCUT2D eigenvalue weighted by Crippen LogP contribution is 2.68. The van der Waals surface area contributed by atoms with E-state index < -0.39 is 30.2 Å². The van der Waals surface area contributed by atoms with Crippen LogP contribution in [0.2, 0.25) is 0 Å². The van der Waals surface area contributed by atoms with Crippen molar-refractivity contribution in [2.75, 3.05) is 0 Å². The van der Waals surface area contributed by atoms with Gasteiger partial charge in [0.1, 0.15) is 0 Å². The Morgan fingerprint density at radius 3 is 2.59 bits per heavy atom. The SMILES string of the molecule is [2H]C1([2H])C[C@]2(C)[C@H]3CC[C@]4(C)[C@@H]([C@H](C)CCC(=O)O)CC[C@H]4[C@@H]3CC[C@H]2C([2H])([2H])[C@@H]1O. The van der Waals surface area contributed by atoms with Gasteiger partial charge in [0.2, 0.25) is 0 Å². The fraction of sp³-hybridized carbons (Fsp3) is 0.958. The van der Waals surface area contributed by atoms with E-state index in [9.17, 15) is 9.90 Å². The first kappa shape index (κ1) is 15.3. The third-order valence-electron chi connectivity index (χ3n) is 9.48. The molecule has 3 heteroatoms. The van der Waals surface area contributed by atoms with Gasteiger partial charge in [-0.3, -0.25) is 4.79 Å². The van der Waals surface area contributed by atoms with E-state index in [4.69, 9.17) is 10.6 Å². The summed E-state index contributed by atoms with van der Waals surface area (Å²) in [5, 5.41) is 19.6. The van der Waals surface area contributed by atoms with E-state index in [1.807, 2.05) is 0 Å². The molecule has 4 saturated carbocycles. The summed E-state index contributed by atoms with van der Waals surface area (Å²) in [6.45, 7) is 6.75. The van der Waals surface area contributed by atoms with Crippen LogP contribution in [0.3, 0.4) is 0 Å². The third-order valence-corrected chi connectivity index (χ3v) is 9.48. The van der Waals surface area contributed by atoms with Crippen molar-refractivity contribution in [2.24, 2.45) is 46.3 Å². The van der Waals surface area contributed by atoms with Gasteiger partial charge < -0.3 is 10.2 Å². The van der Waals surface area contributed by atoms with Crippen molar-refractivity contribution < 1.29 is 20.5 Å². The highest BCUT2D eigenvalue weighted by atomic mass is 16.4. The maximum absolute atomic E-state index is 11.1. The molecule has 0 aromatic heterocycles. The Morgan fingerprint density at radius 2 is 1.85 bits per heavy atom. The Bertz CT molecular complexity index is 728. The van der Waals surface area contributed by atoms with Crippen molar-refractivity contribution in [3.8, 4) is 0 Å². The molecule has 0 aliphatic heterocycles. The highest BCUT2D eigenvalue weighted by Gasteiger charge is 2.60. The monoisotopic (exact) mass is 380 g/mol. The van der Waals surface area contributed by atoms with Gasteiger partial charge in [0.05, 0.1) is 6.10 Å². The van der Waals surface area contributed by atoms with E-state index in [1.165, 1.54) is 0 Å². The van der Waals surface area contributed by atoms with Crippen molar-refractivity contribution >= 4 is 5.97 Å². The molecule has 0 unspecified atom stereocenters. The minimum atomic E-state index is -1.90. The maximum Gasteiger partial charge on any atom is 0.303 e. The minimum Gasteiger partial charge on any atom is -0.481 e. The molecule has 0 bridgehead atoms. The topological polar surface area (TPSA) is 57.5 Å². The Kier molecular flexibility index (Phi) is 3.99. The summed E-state index contributed by atoms with van der Waals surface area (Å²) >= 11 is 0. The Balaban J connectivity index is 1.59. The first-order valence-corrected chi connectivity index (χ1v) is 11.1. The van der Waals surface area contributed by atoms with Gasteiger partial charge in [-0.25, -0.2) is 0 Å². The average molecular weight is 381 g/mol. The molecule has 27 heavy (non-hydrogen) atoms. The number of aliphatic hydroxyl groups is 1. The number of rotatable bonds is 4. The van der Waals surface area contributed by atoms with E-state index in [0.29, 0.717) is 29.6 Å². The number of aliphatic hydroxyl groups excluding tert-OH is 1. The number of hydrogen-bond donors (Lipinski definition) is 2. The lowest BCUT2D eigenvalue weighted by Gasteiger charge is -2.61. The molecule has 0 aromatic carbocycles. The standard InChI is InChI=1S/C24H40O3/c1-15(4-9-22(26)27)19-7-8-20-18-6-5-16-14-17(25)10-12-23(16,2)21(18)11-13-24(19,20)3/h15-21,25H,4-14H2,1-3H3,(H,26,27)/t15-,16+,17-,18+,19-,20+,21+,23+,24-/m1/s1/i10D2,14D2. The third kappa shape index (κ3) is 3.16. The summed E-state index contributed by atoms with van der Waals surface area (Å²) in [5.41, 5.74) is -0.224. The number of hydrogen-bond acceptors (Lipinski definition) is 2. The highest BCUT2D eigenvalue weighted by molar-refractivity contribution is 5.66. The van der Waals surface area contributed by atoms with Gasteiger partial charge in [0, 0.05) is 11.9 Å². The molecule has 2 N–H and O–H groups in total. The zero-order valence-electron chi connectivity index (χ0n) is 21.2. The van der Waals surface area contributed by atoms with E-state index in [1.54, 1.807) is 0 Å². The van der Waals surface area contributed by atoms with Crippen LogP contribution < -0.4 is 0 Å². The fourth-order valence-corrected chi connectivity index (χ4v) is 8.08. The molecule has 4 aliphatic carbocycles. The van der Waals surface area contributed by atoms with Crippen molar-refractivity contribution in [3.63, 3.8) is 0 Å². The predicted molar refractivity (Wildman–Crippen MR) is 107 cm³/mol. The van der Waals surface area contributed by atoms with Crippen LogP contribution in [-0.2, 0) is 4.79 Å². The molecule has 0 amide bonds. The zero-order chi connectivity index (χ0) is 23.0. The average Bonchev–Trinajstić information content (AvgIpc) is 3.01. The number of carboxylic acids is 1. The van der Waals surface area contributed by atoms with Crippen molar-refractivity contribution in [1.82, 2.24) is 0 Å². The molecule has 0 radical (unpaired) electrons. The van der Waals surface area contributed by atoms with Crippen LogP contribution in [0.25, 0.3) is 0 Å². The summed E-state index contributed by atoms with van der Waals surface area (Å²) in [6.07, 6.45) is 1.91. The molecule has 154 valence electrons. The molecule has 4 aliphatic rings. The van der Waals surface area contributed by atoms with Crippen LogP contribution in [0.15, 0.2) is 0 Å². The van der Waals surface area contributed by atoms with Gasteiger partial charge >= 0.3 is 5.97 Å². The lowest BCUT2D eigenvalue weighted by molar-refractivity contribution is -0.138. The second-order valence-corrected chi connectivity index (χ2v) is 10.6. The van der Waals surface area contributed by atoms with Gasteiger partial charge in [0.25, 0.3) is 0 Å². The van der Waals surface area contributed by atoms with Gasteiger partial charge in [-0.05, 0) is 110 Å². The number of fused-ring (bicyclic) bond motifs is 5. The van der Waals surface area contributed by atoms with E-state index in [2.05, 4.69) is 20.8 Å². The van der Waals surface area contributed by atoms with Gasteiger partial charge in [-0.1, -0.05) is 20.8 Å². The van der Waals surface area contributed by atoms with E-state index in [-0.39, 0.29) is 24.2 Å². The Labute approximate surface area is 170 Å². The van der Waals surface area contributed by atoms with Crippen LogP contribution >= 0.6 is 0 Å². The van der Waals surface area contributed by atoms with E-state index in [0.717, 1.165) is 44.9 Å². The first-order valence-electron chi connectivity index (χ1n) is 13.1. The quantitative estimate of drug-likeness (QED) is 0.676.